The molecule has 0 aliphatic heterocycles. The molecule has 0 aromatic heterocycles. The average molecular weight is 181 g/mol. The van der Waals surface area contributed by atoms with Crippen LogP contribution in [0.2, 0.25) is 0 Å². The van der Waals surface area contributed by atoms with E-state index in [1.54, 1.807) is 0 Å². The molecule has 0 radical (unpaired) electrons. The number of hydrogen-bond donors (Lipinski definition) is 0. The van der Waals surface area contributed by atoms with Gasteiger partial charge in [0, 0.05) is 25.5 Å². The summed E-state index contributed by atoms with van der Waals surface area (Å²) in [5.41, 5.74) is 2.68. The van der Waals surface area contributed by atoms with Crippen LogP contribution in [0.15, 0.2) is 24.3 Å². The minimum atomic E-state index is 1.10. The Bertz CT molecular complexity index is 245. The zero-order valence-corrected chi connectivity index (χ0v) is 8.69. The molecule has 0 atom stereocenters. The van der Waals surface area contributed by atoms with Crippen LogP contribution >= 0.6 is 11.8 Å². The monoisotopic (exact) mass is 181 g/mol. The van der Waals surface area contributed by atoms with Crippen LogP contribution in [0.25, 0.3) is 0 Å². The summed E-state index contributed by atoms with van der Waals surface area (Å²) in [6, 6.07) is 8.64. The minimum absolute atomic E-state index is 1.10. The van der Waals surface area contributed by atoms with Gasteiger partial charge in [0.15, 0.2) is 0 Å². The van der Waals surface area contributed by atoms with Crippen molar-refractivity contribution in [2.75, 3.05) is 25.3 Å². The molecule has 0 heterocycles. The predicted octanol–water partition coefficient (Wildman–Crippen LogP) is 2.62. The fourth-order valence-electron chi connectivity index (χ4n) is 1.09. The van der Waals surface area contributed by atoms with Crippen LogP contribution in [-0.2, 0) is 5.75 Å². The largest absolute Gasteiger partial charge is 0.378 e. The molecule has 2 heteroatoms. The lowest BCUT2D eigenvalue weighted by Crippen LogP contribution is -2.08. The topological polar surface area (TPSA) is 3.24 Å². The zero-order valence-electron chi connectivity index (χ0n) is 7.87. The van der Waals surface area contributed by atoms with Crippen molar-refractivity contribution in [2.24, 2.45) is 0 Å². The summed E-state index contributed by atoms with van der Waals surface area (Å²) in [6.45, 7) is 0. The second-order valence-electron chi connectivity index (χ2n) is 3.00. The zero-order chi connectivity index (χ0) is 8.97. The summed E-state index contributed by atoms with van der Waals surface area (Å²) in [5, 5.41) is 0. The van der Waals surface area contributed by atoms with E-state index in [1.165, 1.54) is 11.3 Å². The molecule has 12 heavy (non-hydrogen) atoms. The Balaban J connectivity index is 2.81. The van der Waals surface area contributed by atoms with Crippen molar-refractivity contribution < 1.29 is 0 Å². The van der Waals surface area contributed by atoms with E-state index in [2.05, 4.69) is 49.5 Å². The van der Waals surface area contributed by atoms with Gasteiger partial charge in [-0.15, -0.1) is 0 Å². The quantitative estimate of drug-likeness (QED) is 0.705. The highest BCUT2D eigenvalue weighted by Gasteiger charge is 1.95. The molecule has 0 saturated heterocycles. The molecule has 1 nitrogen and oxygen atoms in total. The fourth-order valence-corrected chi connectivity index (χ4v) is 1.60. The van der Waals surface area contributed by atoms with Gasteiger partial charge in [-0.25, -0.2) is 0 Å². The van der Waals surface area contributed by atoms with E-state index in [9.17, 15) is 0 Å². The van der Waals surface area contributed by atoms with Crippen molar-refractivity contribution in [1.29, 1.82) is 0 Å². The van der Waals surface area contributed by atoms with Crippen molar-refractivity contribution >= 4 is 17.4 Å². The highest BCUT2D eigenvalue weighted by molar-refractivity contribution is 7.97. The Morgan fingerprint density at radius 3 is 2.67 bits per heavy atom. The second kappa shape index (κ2) is 4.41. The molecule has 0 bridgehead atoms. The Morgan fingerprint density at radius 2 is 2.08 bits per heavy atom. The third kappa shape index (κ3) is 2.45. The lowest BCUT2D eigenvalue weighted by molar-refractivity contribution is 1.13. The summed E-state index contributed by atoms with van der Waals surface area (Å²) < 4.78 is 0. The first-order valence-electron chi connectivity index (χ1n) is 3.99. The normalized spacial score (nSPS) is 9.92. The van der Waals surface area contributed by atoms with Gasteiger partial charge in [-0.3, -0.25) is 0 Å². The third-order valence-electron chi connectivity index (χ3n) is 1.74. The number of benzene rings is 1. The van der Waals surface area contributed by atoms with E-state index >= 15 is 0 Å². The molecular formula is C10H15NS. The molecular weight excluding hydrogens is 166 g/mol. The lowest BCUT2D eigenvalue weighted by Gasteiger charge is -2.13. The smallest absolute Gasteiger partial charge is 0.0364 e. The molecule has 66 valence electrons. The van der Waals surface area contributed by atoms with Gasteiger partial charge in [0.05, 0.1) is 0 Å². The maximum Gasteiger partial charge on any atom is 0.0364 e. The Morgan fingerprint density at radius 1 is 1.33 bits per heavy atom. The van der Waals surface area contributed by atoms with Crippen LogP contribution in [0.3, 0.4) is 0 Å². The first-order valence-corrected chi connectivity index (χ1v) is 5.38. The summed E-state index contributed by atoms with van der Waals surface area (Å²) in [6.07, 6.45) is 2.13. The molecule has 0 aliphatic carbocycles. The molecule has 0 spiro atoms. The number of nitrogens with zero attached hydrogens (tertiary/aromatic N) is 1. The van der Waals surface area contributed by atoms with Crippen LogP contribution in [0.4, 0.5) is 5.69 Å². The molecule has 1 aromatic carbocycles. The molecule has 0 unspecified atom stereocenters. The van der Waals surface area contributed by atoms with E-state index in [1.807, 2.05) is 11.8 Å². The van der Waals surface area contributed by atoms with Crippen LogP contribution in [0.5, 0.6) is 0 Å². The van der Waals surface area contributed by atoms with Gasteiger partial charge in [0.2, 0.25) is 0 Å². The molecule has 0 aliphatic rings. The Labute approximate surface area is 78.8 Å². The van der Waals surface area contributed by atoms with Gasteiger partial charge in [-0.2, -0.15) is 11.8 Å². The number of anilines is 1. The van der Waals surface area contributed by atoms with Crippen molar-refractivity contribution in [3.63, 3.8) is 0 Å². The fraction of sp³-hybridized carbons (Fsp3) is 0.400. The van der Waals surface area contributed by atoms with E-state index in [4.69, 9.17) is 0 Å². The minimum Gasteiger partial charge on any atom is -0.378 e. The summed E-state index contributed by atoms with van der Waals surface area (Å²) in [7, 11) is 4.14. The Hall–Kier alpha value is -0.630. The van der Waals surface area contributed by atoms with Crippen molar-refractivity contribution in [2.45, 2.75) is 5.75 Å². The van der Waals surface area contributed by atoms with Crippen LogP contribution in [0, 0.1) is 0 Å². The Kier molecular flexibility index (Phi) is 3.48. The molecule has 0 saturated carbocycles. The summed E-state index contributed by atoms with van der Waals surface area (Å²) in [4.78, 5) is 2.13. The standard InChI is InChI=1S/C10H15NS/c1-11(2)10-6-4-5-9(7-10)8-12-3/h4-7H,8H2,1-3H3. The van der Waals surface area contributed by atoms with Gasteiger partial charge < -0.3 is 4.90 Å². The van der Waals surface area contributed by atoms with Gasteiger partial charge >= 0.3 is 0 Å². The number of rotatable bonds is 3. The lowest BCUT2D eigenvalue weighted by atomic mass is 10.2. The van der Waals surface area contributed by atoms with Crippen molar-refractivity contribution in [1.82, 2.24) is 0 Å². The van der Waals surface area contributed by atoms with E-state index in [0.29, 0.717) is 0 Å². The highest BCUT2D eigenvalue weighted by Crippen LogP contribution is 2.16. The van der Waals surface area contributed by atoms with Crippen LogP contribution in [-0.4, -0.2) is 20.4 Å². The van der Waals surface area contributed by atoms with Crippen LogP contribution in [0.1, 0.15) is 5.56 Å². The molecule has 0 N–H and O–H groups in total. The maximum atomic E-state index is 2.23. The van der Waals surface area contributed by atoms with E-state index in [0.717, 1.165) is 5.75 Å². The second-order valence-corrected chi connectivity index (χ2v) is 3.86. The molecule has 0 amide bonds. The number of thioether (sulfide) groups is 1. The average Bonchev–Trinajstić information content (AvgIpc) is 2.05. The SMILES string of the molecule is CSCc1cccc(N(C)C)c1. The third-order valence-corrected chi connectivity index (χ3v) is 2.36. The van der Waals surface area contributed by atoms with Gasteiger partial charge in [0.1, 0.15) is 0 Å². The summed E-state index contributed by atoms with van der Waals surface area (Å²) in [5.74, 6) is 1.10. The predicted molar refractivity (Wildman–Crippen MR) is 58.0 cm³/mol. The van der Waals surface area contributed by atoms with Gasteiger partial charge in [-0.05, 0) is 24.0 Å². The highest BCUT2D eigenvalue weighted by atomic mass is 32.2. The molecule has 1 rings (SSSR count). The molecule has 1 aromatic rings. The number of hydrogen-bond acceptors (Lipinski definition) is 2. The molecule has 0 fully saturated rings. The maximum absolute atomic E-state index is 2.23. The van der Waals surface area contributed by atoms with E-state index in [-0.39, 0.29) is 0 Å². The summed E-state index contributed by atoms with van der Waals surface area (Å²) >= 11 is 1.86. The van der Waals surface area contributed by atoms with Crippen molar-refractivity contribution in [3.05, 3.63) is 29.8 Å². The van der Waals surface area contributed by atoms with Crippen LogP contribution < -0.4 is 4.90 Å². The van der Waals surface area contributed by atoms with Gasteiger partial charge in [-0.1, -0.05) is 12.1 Å². The van der Waals surface area contributed by atoms with E-state index < -0.39 is 0 Å². The van der Waals surface area contributed by atoms with Crippen molar-refractivity contribution in [3.8, 4) is 0 Å². The first-order chi connectivity index (χ1) is 5.74. The van der Waals surface area contributed by atoms with Gasteiger partial charge in [0.25, 0.3) is 0 Å². The first kappa shape index (κ1) is 9.46.